The fourth-order valence-corrected chi connectivity index (χ4v) is 2.46. The lowest BCUT2D eigenvalue weighted by Gasteiger charge is -2.18. The predicted octanol–water partition coefficient (Wildman–Crippen LogP) is 1.20. The van der Waals surface area contributed by atoms with Crippen LogP contribution in [-0.4, -0.2) is 31.9 Å². The predicted molar refractivity (Wildman–Crippen MR) is 70.7 cm³/mol. The summed E-state index contributed by atoms with van der Waals surface area (Å²) in [5.74, 6) is 1.43. The minimum Gasteiger partial charge on any atom is -0.480 e. The van der Waals surface area contributed by atoms with Crippen LogP contribution in [0.25, 0.3) is 0 Å². The van der Waals surface area contributed by atoms with E-state index in [4.69, 9.17) is 0 Å². The zero-order valence-electron chi connectivity index (χ0n) is 11.6. The number of carbonyl (C=O) groups is 1. The van der Waals surface area contributed by atoms with Gasteiger partial charge in [0.15, 0.2) is 0 Å². The summed E-state index contributed by atoms with van der Waals surface area (Å²) in [5.41, 5.74) is 0. The monoisotopic (exact) mass is 266 g/mol. The summed E-state index contributed by atoms with van der Waals surface area (Å²) < 4.78 is 2.12. The summed E-state index contributed by atoms with van der Waals surface area (Å²) in [6.07, 6.45) is 3.90. The van der Waals surface area contributed by atoms with Crippen molar-refractivity contribution in [3.63, 3.8) is 0 Å². The van der Waals surface area contributed by atoms with Gasteiger partial charge in [0.1, 0.15) is 17.7 Å². The molecule has 2 rings (SSSR count). The molecule has 2 heterocycles. The van der Waals surface area contributed by atoms with Gasteiger partial charge in [0, 0.05) is 13.0 Å². The van der Waals surface area contributed by atoms with Crippen LogP contribution in [0.3, 0.4) is 0 Å². The first-order valence-corrected chi connectivity index (χ1v) is 6.95. The molecule has 1 aromatic rings. The van der Waals surface area contributed by atoms with Gasteiger partial charge in [0.25, 0.3) is 0 Å². The van der Waals surface area contributed by atoms with Crippen molar-refractivity contribution in [2.75, 3.05) is 0 Å². The smallest absolute Gasteiger partial charge is 0.320 e. The summed E-state index contributed by atoms with van der Waals surface area (Å²) in [5, 5.41) is 20.6. The molecular formula is C13H22N4O2. The van der Waals surface area contributed by atoms with Gasteiger partial charge in [-0.1, -0.05) is 13.8 Å². The maximum absolute atomic E-state index is 11.2. The Hall–Kier alpha value is -1.43. The highest BCUT2D eigenvalue weighted by Crippen LogP contribution is 2.14. The Bertz CT molecular complexity index is 442. The zero-order chi connectivity index (χ0) is 13.8. The zero-order valence-corrected chi connectivity index (χ0v) is 11.6. The van der Waals surface area contributed by atoms with E-state index in [1.165, 1.54) is 0 Å². The summed E-state index contributed by atoms with van der Waals surface area (Å²) in [6.45, 7) is 5.46. The molecule has 0 radical (unpaired) electrons. The number of fused-ring (bicyclic) bond motifs is 1. The highest BCUT2D eigenvalue weighted by atomic mass is 16.4. The number of rotatable bonds is 6. The third kappa shape index (κ3) is 3.53. The fourth-order valence-electron chi connectivity index (χ4n) is 2.46. The Morgan fingerprint density at radius 1 is 1.42 bits per heavy atom. The molecule has 0 aliphatic carbocycles. The Morgan fingerprint density at radius 2 is 2.21 bits per heavy atom. The number of aromatic nitrogens is 3. The number of carboxylic acid groups (broad SMARTS) is 1. The van der Waals surface area contributed by atoms with Crippen LogP contribution in [0.5, 0.6) is 0 Å². The molecule has 1 atom stereocenters. The Labute approximate surface area is 113 Å². The normalized spacial score (nSPS) is 16.4. The van der Waals surface area contributed by atoms with Crippen molar-refractivity contribution in [2.24, 2.45) is 5.92 Å². The topological polar surface area (TPSA) is 80.0 Å². The van der Waals surface area contributed by atoms with Crippen molar-refractivity contribution >= 4 is 5.97 Å². The molecule has 0 saturated carbocycles. The molecular weight excluding hydrogens is 244 g/mol. The van der Waals surface area contributed by atoms with Crippen LogP contribution in [0.15, 0.2) is 0 Å². The van der Waals surface area contributed by atoms with E-state index in [1.807, 2.05) is 13.8 Å². The Morgan fingerprint density at radius 3 is 2.89 bits per heavy atom. The lowest BCUT2D eigenvalue weighted by Crippen LogP contribution is -2.38. The molecule has 1 aliphatic heterocycles. The van der Waals surface area contributed by atoms with Crippen molar-refractivity contribution in [1.29, 1.82) is 0 Å². The minimum atomic E-state index is -0.799. The Kier molecular flexibility index (Phi) is 4.52. The molecule has 106 valence electrons. The molecule has 0 spiro atoms. The summed E-state index contributed by atoms with van der Waals surface area (Å²) >= 11 is 0. The van der Waals surface area contributed by atoms with Crippen LogP contribution in [0.2, 0.25) is 0 Å². The maximum Gasteiger partial charge on any atom is 0.320 e. The molecule has 19 heavy (non-hydrogen) atoms. The van der Waals surface area contributed by atoms with Crippen LogP contribution in [0.1, 0.15) is 44.8 Å². The molecule has 2 N–H and O–H groups in total. The SMILES string of the molecule is CC(C)CC(NCc1nnc2n1CCCC2)C(=O)O. The molecule has 1 unspecified atom stereocenters. The first-order valence-electron chi connectivity index (χ1n) is 6.95. The molecule has 0 bridgehead atoms. The van der Waals surface area contributed by atoms with Gasteiger partial charge in [-0.15, -0.1) is 10.2 Å². The second-order valence-corrected chi connectivity index (χ2v) is 5.54. The van der Waals surface area contributed by atoms with Crippen LogP contribution in [0, 0.1) is 5.92 Å². The number of hydrogen-bond donors (Lipinski definition) is 2. The molecule has 6 nitrogen and oxygen atoms in total. The average molecular weight is 266 g/mol. The van der Waals surface area contributed by atoms with E-state index >= 15 is 0 Å². The van der Waals surface area contributed by atoms with Gasteiger partial charge in [-0.2, -0.15) is 0 Å². The lowest BCUT2D eigenvalue weighted by molar-refractivity contribution is -0.140. The van der Waals surface area contributed by atoms with E-state index in [1.54, 1.807) is 0 Å². The first kappa shape index (κ1) is 14.0. The van der Waals surface area contributed by atoms with Crippen molar-refractivity contribution in [3.05, 3.63) is 11.6 Å². The number of carboxylic acids is 1. The molecule has 0 aromatic carbocycles. The summed E-state index contributed by atoms with van der Waals surface area (Å²) in [6, 6.07) is -0.517. The molecule has 0 amide bonds. The van der Waals surface area contributed by atoms with Crippen LogP contribution in [-0.2, 0) is 24.3 Å². The average Bonchev–Trinajstić information content (AvgIpc) is 2.77. The minimum absolute atomic E-state index is 0.348. The van der Waals surface area contributed by atoms with Crippen LogP contribution < -0.4 is 5.32 Å². The summed E-state index contributed by atoms with van der Waals surface area (Å²) in [7, 11) is 0. The number of hydrogen-bond acceptors (Lipinski definition) is 4. The van der Waals surface area contributed by atoms with Crippen LogP contribution >= 0.6 is 0 Å². The van der Waals surface area contributed by atoms with E-state index in [-0.39, 0.29) is 0 Å². The van der Waals surface area contributed by atoms with Gasteiger partial charge < -0.3 is 9.67 Å². The second-order valence-electron chi connectivity index (χ2n) is 5.54. The molecule has 0 saturated heterocycles. The standard InChI is InChI=1S/C13H22N4O2/c1-9(2)7-10(13(18)19)14-8-12-16-15-11-5-3-4-6-17(11)12/h9-10,14H,3-8H2,1-2H3,(H,18,19). The van der Waals surface area contributed by atoms with Gasteiger partial charge in [0.2, 0.25) is 0 Å². The van der Waals surface area contributed by atoms with Gasteiger partial charge in [0.05, 0.1) is 6.54 Å². The highest BCUT2D eigenvalue weighted by molar-refractivity contribution is 5.73. The Balaban J connectivity index is 1.97. The number of aliphatic carboxylic acids is 1. The van der Waals surface area contributed by atoms with Gasteiger partial charge in [-0.25, -0.2) is 0 Å². The van der Waals surface area contributed by atoms with Crippen molar-refractivity contribution in [1.82, 2.24) is 20.1 Å². The third-order valence-electron chi connectivity index (χ3n) is 3.45. The quantitative estimate of drug-likeness (QED) is 0.809. The summed E-state index contributed by atoms with van der Waals surface area (Å²) in [4.78, 5) is 11.2. The number of aryl methyl sites for hydroxylation is 1. The van der Waals surface area contributed by atoms with Crippen molar-refractivity contribution < 1.29 is 9.90 Å². The molecule has 1 aromatic heterocycles. The molecule has 6 heteroatoms. The van der Waals surface area contributed by atoms with E-state index in [0.717, 1.165) is 37.5 Å². The second kappa shape index (κ2) is 6.14. The number of nitrogens with one attached hydrogen (secondary N) is 1. The lowest BCUT2D eigenvalue weighted by atomic mass is 10.0. The van der Waals surface area contributed by atoms with Gasteiger partial charge in [-0.3, -0.25) is 10.1 Å². The van der Waals surface area contributed by atoms with E-state index in [0.29, 0.717) is 18.9 Å². The van der Waals surface area contributed by atoms with E-state index in [2.05, 4.69) is 20.1 Å². The van der Waals surface area contributed by atoms with Gasteiger partial charge in [-0.05, 0) is 25.2 Å². The van der Waals surface area contributed by atoms with Crippen molar-refractivity contribution in [2.45, 2.75) is 58.7 Å². The largest absolute Gasteiger partial charge is 0.480 e. The molecule has 1 aliphatic rings. The van der Waals surface area contributed by atoms with Crippen LogP contribution in [0.4, 0.5) is 0 Å². The highest BCUT2D eigenvalue weighted by Gasteiger charge is 2.20. The third-order valence-corrected chi connectivity index (χ3v) is 3.45. The molecule has 0 fully saturated rings. The first-order chi connectivity index (χ1) is 9.08. The van der Waals surface area contributed by atoms with Crippen molar-refractivity contribution in [3.8, 4) is 0 Å². The van der Waals surface area contributed by atoms with Gasteiger partial charge >= 0.3 is 5.97 Å². The maximum atomic E-state index is 11.2. The number of nitrogens with zero attached hydrogens (tertiary/aromatic N) is 3. The fraction of sp³-hybridized carbons (Fsp3) is 0.769. The van der Waals surface area contributed by atoms with E-state index < -0.39 is 12.0 Å². The van der Waals surface area contributed by atoms with E-state index in [9.17, 15) is 9.90 Å².